The SMILES string of the molecule is COc1cccc(CN2CCN(C(=O)Cn3nc(C(F)F)cc3C3CC3)CC2)c1. The predicted octanol–water partition coefficient (Wildman–Crippen LogP) is 3.05. The molecule has 0 radical (unpaired) electrons. The average Bonchev–Trinajstić information content (AvgIpc) is 3.48. The fourth-order valence-electron chi connectivity index (χ4n) is 3.81. The van der Waals surface area contributed by atoms with Crippen molar-refractivity contribution in [2.24, 2.45) is 0 Å². The third-order valence-corrected chi connectivity index (χ3v) is 5.60. The molecule has 1 saturated heterocycles. The summed E-state index contributed by atoms with van der Waals surface area (Å²) in [4.78, 5) is 16.8. The molecule has 1 aliphatic carbocycles. The first-order valence-corrected chi connectivity index (χ1v) is 10.0. The summed E-state index contributed by atoms with van der Waals surface area (Å²) >= 11 is 0. The lowest BCUT2D eigenvalue weighted by atomic mass is 10.2. The number of hydrogen-bond donors (Lipinski definition) is 0. The molecule has 2 aromatic rings. The van der Waals surface area contributed by atoms with Gasteiger partial charge in [-0.05, 0) is 36.6 Å². The number of ether oxygens (including phenoxy) is 1. The maximum absolute atomic E-state index is 13.0. The lowest BCUT2D eigenvalue weighted by Crippen LogP contribution is -2.49. The van der Waals surface area contributed by atoms with E-state index in [1.165, 1.54) is 16.3 Å². The molecule has 1 aromatic heterocycles. The van der Waals surface area contributed by atoms with E-state index >= 15 is 0 Å². The standard InChI is InChI=1S/C21H26F2N4O2/c1-29-17-4-2-3-15(11-17)13-25-7-9-26(10-8-25)20(28)14-27-19(16-5-6-16)12-18(24-27)21(22)23/h2-4,11-12,16,21H,5-10,13-14H2,1H3. The van der Waals surface area contributed by atoms with Crippen LogP contribution in [0.5, 0.6) is 5.75 Å². The van der Waals surface area contributed by atoms with Crippen LogP contribution in [-0.2, 0) is 17.9 Å². The summed E-state index contributed by atoms with van der Waals surface area (Å²) in [6.45, 7) is 3.66. The summed E-state index contributed by atoms with van der Waals surface area (Å²) in [7, 11) is 1.65. The molecule has 0 atom stereocenters. The number of benzene rings is 1. The van der Waals surface area contributed by atoms with Crippen LogP contribution >= 0.6 is 0 Å². The fraction of sp³-hybridized carbons (Fsp3) is 0.524. The Labute approximate surface area is 169 Å². The summed E-state index contributed by atoms with van der Waals surface area (Å²) < 4.78 is 32.8. The minimum Gasteiger partial charge on any atom is -0.497 e. The molecule has 0 bridgehead atoms. The molecule has 0 spiro atoms. The molecule has 0 N–H and O–H groups in total. The second-order valence-corrected chi connectivity index (χ2v) is 7.74. The first-order valence-electron chi connectivity index (χ1n) is 10.0. The van der Waals surface area contributed by atoms with Crippen LogP contribution in [0.25, 0.3) is 0 Å². The highest BCUT2D eigenvalue weighted by Crippen LogP contribution is 2.41. The Morgan fingerprint density at radius 2 is 1.97 bits per heavy atom. The van der Waals surface area contributed by atoms with Gasteiger partial charge in [-0.25, -0.2) is 8.78 Å². The van der Waals surface area contributed by atoms with Crippen molar-refractivity contribution in [3.63, 3.8) is 0 Å². The normalized spacial score (nSPS) is 17.7. The van der Waals surface area contributed by atoms with E-state index < -0.39 is 6.43 Å². The van der Waals surface area contributed by atoms with Crippen LogP contribution in [0.2, 0.25) is 0 Å². The first-order chi connectivity index (χ1) is 14.0. The number of amides is 1. The molecule has 1 aromatic carbocycles. The highest BCUT2D eigenvalue weighted by molar-refractivity contribution is 5.76. The number of rotatable bonds is 7. The van der Waals surface area contributed by atoms with Crippen LogP contribution in [-0.4, -0.2) is 58.8 Å². The molecule has 2 aliphatic rings. The van der Waals surface area contributed by atoms with Gasteiger partial charge in [-0.3, -0.25) is 14.4 Å². The van der Waals surface area contributed by atoms with Crippen molar-refractivity contribution in [2.75, 3.05) is 33.3 Å². The Hall–Kier alpha value is -2.48. The third kappa shape index (κ3) is 4.75. The van der Waals surface area contributed by atoms with Gasteiger partial charge in [0.1, 0.15) is 18.0 Å². The van der Waals surface area contributed by atoms with Crippen molar-refractivity contribution >= 4 is 5.91 Å². The Morgan fingerprint density at radius 3 is 2.62 bits per heavy atom. The third-order valence-electron chi connectivity index (χ3n) is 5.60. The van der Waals surface area contributed by atoms with Crippen LogP contribution in [0.15, 0.2) is 30.3 Å². The van der Waals surface area contributed by atoms with Gasteiger partial charge in [-0.1, -0.05) is 12.1 Å². The molecule has 2 fully saturated rings. The van der Waals surface area contributed by atoms with Crippen LogP contribution in [0, 0.1) is 0 Å². The molecule has 1 aliphatic heterocycles. The number of piperazine rings is 1. The van der Waals surface area contributed by atoms with E-state index in [0.717, 1.165) is 43.9 Å². The van der Waals surface area contributed by atoms with Crippen molar-refractivity contribution in [1.82, 2.24) is 19.6 Å². The average molecular weight is 404 g/mol. The highest BCUT2D eigenvalue weighted by atomic mass is 19.3. The first kappa shape index (κ1) is 19.8. The fourth-order valence-corrected chi connectivity index (χ4v) is 3.81. The van der Waals surface area contributed by atoms with E-state index in [4.69, 9.17) is 4.74 Å². The molecule has 0 unspecified atom stereocenters. The number of carbonyl (C=O) groups is 1. The topological polar surface area (TPSA) is 50.6 Å². The Kier molecular flexibility index (Phi) is 5.80. The Bertz CT molecular complexity index is 858. The van der Waals surface area contributed by atoms with Gasteiger partial charge in [0.05, 0.1) is 7.11 Å². The monoisotopic (exact) mass is 404 g/mol. The zero-order chi connectivity index (χ0) is 20.4. The predicted molar refractivity (Wildman–Crippen MR) is 104 cm³/mol. The number of aromatic nitrogens is 2. The number of alkyl halides is 2. The number of carbonyl (C=O) groups excluding carboxylic acids is 1. The van der Waals surface area contributed by atoms with Crippen LogP contribution in [0.4, 0.5) is 8.78 Å². The molecule has 156 valence electrons. The van der Waals surface area contributed by atoms with E-state index in [1.807, 2.05) is 23.1 Å². The number of nitrogens with zero attached hydrogens (tertiary/aromatic N) is 4. The van der Waals surface area contributed by atoms with E-state index in [9.17, 15) is 13.6 Å². The number of halogens is 2. The molecule has 29 heavy (non-hydrogen) atoms. The number of methoxy groups -OCH3 is 1. The van der Waals surface area contributed by atoms with E-state index in [1.54, 1.807) is 7.11 Å². The van der Waals surface area contributed by atoms with Crippen molar-refractivity contribution in [2.45, 2.75) is 38.3 Å². The second kappa shape index (κ2) is 8.49. The van der Waals surface area contributed by atoms with Gasteiger partial charge in [0, 0.05) is 44.3 Å². The second-order valence-electron chi connectivity index (χ2n) is 7.74. The van der Waals surface area contributed by atoms with E-state index in [-0.39, 0.29) is 24.1 Å². The minimum atomic E-state index is -2.61. The molecule has 4 rings (SSSR count). The van der Waals surface area contributed by atoms with Crippen LogP contribution < -0.4 is 4.74 Å². The molecule has 1 saturated carbocycles. The Morgan fingerprint density at radius 1 is 1.21 bits per heavy atom. The van der Waals surface area contributed by atoms with Crippen LogP contribution in [0.3, 0.4) is 0 Å². The zero-order valence-electron chi connectivity index (χ0n) is 16.6. The summed E-state index contributed by atoms with van der Waals surface area (Å²) in [5.41, 5.74) is 1.71. The smallest absolute Gasteiger partial charge is 0.282 e. The summed E-state index contributed by atoms with van der Waals surface area (Å²) in [5.74, 6) is 1.05. The maximum atomic E-state index is 13.0. The van der Waals surface area contributed by atoms with Gasteiger partial charge in [0.25, 0.3) is 6.43 Å². The summed E-state index contributed by atoms with van der Waals surface area (Å²) in [6, 6.07) is 9.45. The zero-order valence-corrected chi connectivity index (χ0v) is 16.6. The lowest BCUT2D eigenvalue weighted by molar-refractivity contribution is -0.133. The van der Waals surface area contributed by atoms with Crippen molar-refractivity contribution in [1.29, 1.82) is 0 Å². The molecule has 8 heteroatoms. The van der Waals surface area contributed by atoms with E-state index in [2.05, 4.69) is 16.1 Å². The number of hydrogen-bond acceptors (Lipinski definition) is 4. The Balaban J connectivity index is 1.32. The highest BCUT2D eigenvalue weighted by Gasteiger charge is 2.31. The van der Waals surface area contributed by atoms with Gasteiger partial charge >= 0.3 is 0 Å². The van der Waals surface area contributed by atoms with E-state index in [0.29, 0.717) is 13.1 Å². The lowest BCUT2D eigenvalue weighted by Gasteiger charge is -2.35. The molecule has 1 amide bonds. The molecule has 2 heterocycles. The van der Waals surface area contributed by atoms with Gasteiger partial charge in [-0.15, -0.1) is 0 Å². The van der Waals surface area contributed by atoms with Crippen molar-refractivity contribution < 1.29 is 18.3 Å². The van der Waals surface area contributed by atoms with Gasteiger partial charge in [-0.2, -0.15) is 5.10 Å². The van der Waals surface area contributed by atoms with Gasteiger partial charge in [0.2, 0.25) is 5.91 Å². The minimum absolute atomic E-state index is 0.0361. The maximum Gasteiger partial charge on any atom is 0.282 e. The largest absolute Gasteiger partial charge is 0.497 e. The van der Waals surface area contributed by atoms with Crippen molar-refractivity contribution in [3.8, 4) is 5.75 Å². The molecular weight excluding hydrogens is 378 g/mol. The van der Waals surface area contributed by atoms with Gasteiger partial charge in [0.15, 0.2) is 0 Å². The van der Waals surface area contributed by atoms with Crippen molar-refractivity contribution in [3.05, 3.63) is 47.3 Å². The van der Waals surface area contributed by atoms with Crippen LogP contribution in [0.1, 0.15) is 42.1 Å². The van der Waals surface area contributed by atoms with Gasteiger partial charge < -0.3 is 9.64 Å². The summed E-state index contributed by atoms with van der Waals surface area (Å²) in [5, 5.41) is 3.99. The summed E-state index contributed by atoms with van der Waals surface area (Å²) in [6.07, 6.45) is -0.652. The molecule has 6 nitrogen and oxygen atoms in total. The quantitative estimate of drug-likeness (QED) is 0.712. The molecular formula is C21H26F2N4O2.